The van der Waals surface area contributed by atoms with Crippen molar-refractivity contribution in [3.05, 3.63) is 27.0 Å². The summed E-state index contributed by atoms with van der Waals surface area (Å²) in [6.45, 7) is 1.37. The predicted octanol–water partition coefficient (Wildman–Crippen LogP) is -1.82. The quantitative estimate of drug-likeness (QED) is 0.600. The van der Waals surface area contributed by atoms with E-state index >= 15 is 0 Å². The Kier molecular flexibility index (Phi) is 2.65. The van der Waals surface area contributed by atoms with Crippen LogP contribution in [0, 0.1) is 0 Å². The Morgan fingerprint density at radius 2 is 2.00 bits per heavy atom. The lowest BCUT2D eigenvalue weighted by Gasteiger charge is -2.12. The summed E-state index contributed by atoms with van der Waals surface area (Å²) in [7, 11) is 1.43. The van der Waals surface area contributed by atoms with Crippen LogP contribution in [0.4, 0.5) is 5.69 Å². The number of nitrogens with zero attached hydrogens (tertiary/aromatic N) is 2. The van der Waals surface area contributed by atoms with E-state index in [1.807, 2.05) is 0 Å². The largest absolute Gasteiger partial charge is 0.393 e. The van der Waals surface area contributed by atoms with Gasteiger partial charge in [0.2, 0.25) is 5.91 Å². The standard InChI is InChI=1S/C8H12N4O3/c1-4(6(10)13)12-7(14)5(9)3-11(2)8(12)15/h3-4H,9H2,1-2H3,(H2,10,13). The molecule has 1 atom stereocenters. The maximum Gasteiger partial charge on any atom is 0.331 e. The number of aryl methyl sites for hydroxylation is 1. The molecular formula is C8H12N4O3. The first kappa shape index (κ1) is 11.0. The Morgan fingerprint density at radius 3 is 2.47 bits per heavy atom. The molecule has 0 saturated carbocycles. The number of hydrogen-bond donors (Lipinski definition) is 2. The Bertz CT molecular complexity index is 479. The zero-order valence-corrected chi connectivity index (χ0v) is 8.43. The summed E-state index contributed by atoms with van der Waals surface area (Å²) in [5.74, 6) is -0.764. The van der Waals surface area contributed by atoms with Crippen LogP contribution in [0.3, 0.4) is 0 Å². The van der Waals surface area contributed by atoms with Gasteiger partial charge in [-0.05, 0) is 6.92 Å². The minimum Gasteiger partial charge on any atom is -0.393 e. The first-order valence-corrected chi connectivity index (χ1v) is 4.23. The van der Waals surface area contributed by atoms with Crippen molar-refractivity contribution >= 4 is 11.6 Å². The number of amides is 1. The van der Waals surface area contributed by atoms with E-state index in [0.29, 0.717) is 0 Å². The van der Waals surface area contributed by atoms with Crippen LogP contribution in [-0.4, -0.2) is 15.0 Å². The van der Waals surface area contributed by atoms with Gasteiger partial charge in [0.15, 0.2) is 0 Å². The van der Waals surface area contributed by atoms with Gasteiger partial charge in [-0.15, -0.1) is 0 Å². The lowest BCUT2D eigenvalue weighted by Crippen LogP contribution is -2.44. The van der Waals surface area contributed by atoms with Crippen molar-refractivity contribution in [2.45, 2.75) is 13.0 Å². The first-order chi connectivity index (χ1) is 6.86. The van der Waals surface area contributed by atoms with Crippen molar-refractivity contribution in [2.24, 2.45) is 12.8 Å². The molecule has 0 aliphatic heterocycles. The molecule has 1 amide bonds. The predicted molar refractivity (Wildman–Crippen MR) is 54.3 cm³/mol. The van der Waals surface area contributed by atoms with Crippen molar-refractivity contribution in [3.63, 3.8) is 0 Å². The molecule has 1 unspecified atom stereocenters. The van der Waals surface area contributed by atoms with Gasteiger partial charge < -0.3 is 16.0 Å². The van der Waals surface area contributed by atoms with E-state index in [1.54, 1.807) is 0 Å². The van der Waals surface area contributed by atoms with Crippen molar-refractivity contribution in [3.8, 4) is 0 Å². The third-order valence-electron chi connectivity index (χ3n) is 2.11. The fourth-order valence-corrected chi connectivity index (χ4v) is 1.18. The number of anilines is 1. The summed E-state index contributed by atoms with van der Waals surface area (Å²) in [6.07, 6.45) is 1.20. The lowest BCUT2D eigenvalue weighted by molar-refractivity contribution is -0.120. The maximum atomic E-state index is 11.6. The fraction of sp³-hybridized carbons (Fsp3) is 0.375. The average Bonchev–Trinajstić information content (AvgIpc) is 2.15. The SMILES string of the molecule is CC(C(N)=O)n1c(=O)c(N)cn(C)c1=O. The monoisotopic (exact) mass is 212 g/mol. The van der Waals surface area contributed by atoms with Crippen molar-refractivity contribution < 1.29 is 4.79 Å². The molecule has 0 radical (unpaired) electrons. The zero-order valence-electron chi connectivity index (χ0n) is 8.43. The molecule has 0 aliphatic rings. The molecule has 7 nitrogen and oxygen atoms in total. The molecule has 0 bridgehead atoms. The molecule has 0 fully saturated rings. The number of rotatable bonds is 2. The topological polar surface area (TPSA) is 113 Å². The number of carbonyl (C=O) groups excluding carboxylic acids is 1. The summed E-state index contributed by atoms with van der Waals surface area (Å²) in [6, 6.07) is -1.01. The average molecular weight is 212 g/mol. The van der Waals surface area contributed by atoms with Crippen LogP contribution in [0.25, 0.3) is 0 Å². The van der Waals surface area contributed by atoms with Gasteiger partial charge >= 0.3 is 5.69 Å². The zero-order chi connectivity index (χ0) is 11.7. The third-order valence-corrected chi connectivity index (χ3v) is 2.11. The molecule has 0 spiro atoms. The summed E-state index contributed by atoms with van der Waals surface area (Å²) in [4.78, 5) is 34.0. The summed E-state index contributed by atoms with van der Waals surface area (Å²) < 4.78 is 1.85. The van der Waals surface area contributed by atoms with Crippen LogP contribution in [0.1, 0.15) is 13.0 Å². The molecule has 0 saturated heterocycles. The van der Waals surface area contributed by atoms with E-state index in [4.69, 9.17) is 11.5 Å². The summed E-state index contributed by atoms with van der Waals surface area (Å²) in [5.41, 5.74) is 8.97. The van der Waals surface area contributed by atoms with Gasteiger partial charge in [0, 0.05) is 13.2 Å². The van der Waals surface area contributed by atoms with E-state index in [1.165, 1.54) is 20.2 Å². The molecule has 82 valence electrons. The third kappa shape index (κ3) is 1.76. The van der Waals surface area contributed by atoms with Gasteiger partial charge in [-0.2, -0.15) is 0 Å². The molecule has 0 aromatic carbocycles. The molecular weight excluding hydrogens is 200 g/mol. The van der Waals surface area contributed by atoms with Gasteiger partial charge in [-0.25, -0.2) is 9.36 Å². The molecule has 0 aliphatic carbocycles. The number of aromatic nitrogens is 2. The number of primary amides is 1. The minimum absolute atomic E-state index is 0.106. The van der Waals surface area contributed by atoms with Gasteiger partial charge in [0.05, 0.1) is 0 Å². The van der Waals surface area contributed by atoms with Gasteiger partial charge in [-0.3, -0.25) is 9.59 Å². The Hall–Kier alpha value is -2.05. The highest BCUT2D eigenvalue weighted by Gasteiger charge is 2.17. The van der Waals surface area contributed by atoms with Crippen molar-refractivity contribution in [2.75, 3.05) is 5.73 Å². The van der Waals surface area contributed by atoms with Gasteiger partial charge in [0.25, 0.3) is 5.56 Å². The highest BCUT2D eigenvalue weighted by atomic mass is 16.2. The van der Waals surface area contributed by atoms with Crippen LogP contribution in [-0.2, 0) is 11.8 Å². The fourth-order valence-electron chi connectivity index (χ4n) is 1.18. The molecule has 7 heteroatoms. The molecule has 1 heterocycles. The van der Waals surface area contributed by atoms with Crippen LogP contribution in [0.15, 0.2) is 15.8 Å². The van der Waals surface area contributed by atoms with Gasteiger partial charge in [0.1, 0.15) is 11.7 Å². The summed E-state index contributed by atoms with van der Waals surface area (Å²) >= 11 is 0. The van der Waals surface area contributed by atoms with Crippen molar-refractivity contribution in [1.82, 2.24) is 9.13 Å². The van der Waals surface area contributed by atoms with E-state index in [0.717, 1.165) is 9.13 Å². The summed E-state index contributed by atoms with van der Waals surface area (Å²) in [5, 5.41) is 0. The Labute approximate surface area is 84.9 Å². The van der Waals surface area contributed by atoms with E-state index in [2.05, 4.69) is 0 Å². The number of nitrogens with two attached hydrogens (primary N) is 2. The minimum atomic E-state index is -1.01. The van der Waals surface area contributed by atoms with Gasteiger partial charge in [-0.1, -0.05) is 0 Å². The van der Waals surface area contributed by atoms with Crippen molar-refractivity contribution in [1.29, 1.82) is 0 Å². The van der Waals surface area contributed by atoms with Crippen LogP contribution >= 0.6 is 0 Å². The first-order valence-electron chi connectivity index (χ1n) is 4.23. The van der Waals surface area contributed by atoms with E-state index in [-0.39, 0.29) is 5.69 Å². The second-order valence-corrected chi connectivity index (χ2v) is 3.23. The van der Waals surface area contributed by atoms with Crippen LogP contribution in [0.5, 0.6) is 0 Å². The number of hydrogen-bond acceptors (Lipinski definition) is 4. The Morgan fingerprint density at radius 1 is 1.47 bits per heavy atom. The number of nitrogen functional groups attached to an aromatic ring is 1. The normalized spacial score (nSPS) is 12.4. The van der Waals surface area contributed by atoms with Crippen LogP contribution in [0.2, 0.25) is 0 Å². The highest BCUT2D eigenvalue weighted by Crippen LogP contribution is 1.98. The number of carbonyl (C=O) groups is 1. The molecule has 1 aromatic heterocycles. The van der Waals surface area contributed by atoms with E-state index in [9.17, 15) is 14.4 Å². The maximum absolute atomic E-state index is 11.6. The molecule has 15 heavy (non-hydrogen) atoms. The highest BCUT2D eigenvalue weighted by molar-refractivity contribution is 5.77. The Balaban J connectivity index is 3.61. The molecule has 4 N–H and O–H groups in total. The molecule has 1 aromatic rings. The second-order valence-electron chi connectivity index (χ2n) is 3.23. The second kappa shape index (κ2) is 3.60. The smallest absolute Gasteiger partial charge is 0.331 e. The van der Waals surface area contributed by atoms with Crippen LogP contribution < -0.4 is 22.7 Å². The molecule has 1 rings (SSSR count). The lowest BCUT2D eigenvalue weighted by atomic mass is 10.3. The van der Waals surface area contributed by atoms with E-state index < -0.39 is 23.2 Å².